The number of rotatable bonds is 2. The van der Waals surface area contributed by atoms with Gasteiger partial charge >= 0.3 is 16.3 Å². The molecule has 8 aromatic rings. The molecule has 9 rings (SSSR count). The Kier molecular flexibility index (Phi) is 13.4. The largest absolute Gasteiger partial charge is 0.481 e. The van der Waals surface area contributed by atoms with Crippen LogP contribution in [0.3, 0.4) is 0 Å². The zero-order valence-electron chi connectivity index (χ0n) is 31.5. The highest BCUT2D eigenvalue weighted by atomic mass is 32.2. The van der Waals surface area contributed by atoms with E-state index >= 15 is 0 Å². The second-order valence-electron chi connectivity index (χ2n) is 12.8. The van der Waals surface area contributed by atoms with Crippen molar-refractivity contribution in [2.45, 2.75) is 23.6 Å². The normalized spacial score (nSPS) is 11.9. The zero-order valence-corrected chi connectivity index (χ0v) is 33.9. The molecule has 0 unspecified atom stereocenters. The first kappa shape index (κ1) is 43.3. The van der Waals surface area contributed by atoms with Crippen LogP contribution in [0.2, 0.25) is 0 Å². The van der Waals surface area contributed by atoms with Crippen molar-refractivity contribution in [2.75, 3.05) is 6.26 Å². The molecular weight excluding hydrogens is 819 g/mol. The molecule has 0 radical (unpaired) electrons. The van der Waals surface area contributed by atoms with Crippen molar-refractivity contribution >= 4 is 64.1 Å². The van der Waals surface area contributed by atoms with E-state index in [-0.39, 0.29) is 5.69 Å². The second kappa shape index (κ2) is 18.2. The number of hydrogen-bond acceptors (Lipinski definition) is 10. The Labute approximate surface area is 339 Å². The van der Waals surface area contributed by atoms with E-state index in [0.29, 0.717) is 21.7 Å². The Balaban J connectivity index is 0.000000181. The van der Waals surface area contributed by atoms with Gasteiger partial charge in [-0.05, 0) is 65.6 Å². The lowest BCUT2D eigenvalue weighted by Gasteiger charge is -2.05. The molecule has 0 bridgehead atoms. The number of H-pyrrole nitrogens is 1. The van der Waals surface area contributed by atoms with Gasteiger partial charge in [-0.25, -0.2) is 22.6 Å². The van der Waals surface area contributed by atoms with Gasteiger partial charge in [0.25, 0.3) is 16.1 Å². The van der Waals surface area contributed by atoms with Crippen LogP contribution in [-0.2, 0) is 35.4 Å². The van der Waals surface area contributed by atoms with Gasteiger partial charge < -0.3 is 10.1 Å². The van der Waals surface area contributed by atoms with Crippen LogP contribution in [0.4, 0.5) is 0 Å². The first-order chi connectivity index (χ1) is 27.8. The van der Waals surface area contributed by atoms with Crippen molar-refractivity contribution < 1.29 is 43.9 Å². The van der Waals surface area contributed by atoms with Gasteiger partial charge in [0.1, 0.15) is 0 Å². The zero-order chi connectivity index (χ0) is 43.1. The van der Waals surface area contributed by atoms with E-state index in [4.69, 9.17) is 27.1 Å². The number of carboxylic acid groups (broad SMARTS) is 1. The molecule has 1 aliphatic heterocycles. The molecule has 17 heteroatoms. The number of benzene rings is 6. The number of hydrogen-bond donors (Lipinski definition) is 3. The molecule has 2 aromatic heterocycles. The Bertz CT molecular complexity index is 3220. The maximum atomic E-state index is 13.3. The van der Waals surface area contributed by atoms with E-state index in [0.717, 1.165) is 62.2 Å². The number of aromatic amines is 1. The van der Waals surface area contributed by atoms with Crippen LogP contribution in [0.5, 0.6) is 0 Å². The van der Waals surface area contributed by atoms with Gasteiger partial charge in [-0.3, -0.25) is 9.35 Å². The number of para-hydroxylation sites is 3. The fraction of sp³-hybridized carbons (Fsp3) is 0.0714. The van der Waals surface area contributed by atoms with E-state index in [2.05, 4.69) is 9.97 Å². The summed E-state index contributed by atoms with van der Waals surface area (Å²) in [6.45, 7) is 3.12. The van der Waals surface area contributed by atoms with Gasteiger partial charge in [-0.15, -0.1) is 12.6 Å². The molecule has 6 aromatic carbocycles. The number of fused-ring (bicyclic) bond motifs is 8. The summed E-state index contributed by atoms with van der Waals surface area (Å²) in [6, 6.07) is 44.8. The van der Waals surface area contributed by atoms with Crippen LogP contribution in [0.15, 0.2) is 154 Å². The molecular formula is C42H35N3O11S3. The lowest BCUT2D eigenvalue weighted by Crippen LogP contribution is -2.15. The molecule has 0 saturated heterocycles. The van der Waals surface area contributed by atoms with Gasteiger partial charge in [0.2, 0.25) is 9.84 Å². The van der Waals surface area contributed by atoms with Crippen molar-refractivity contribution in [3.05, 3.63) is 156 Å². The molecule has 1 aliphatic rings. The quantitative estimate of drug-likeness (QED) is 0.149. The fourth-order valence-corrected chi connectivity index (χ4v) is 7.90. The first-order valence-electron chi connectivity index (χ1n) is 17.3. The average Bonchev–Trinajstić information content (AvgIpc) is 3.68. The van der Waals surface area contributed by atoms with Crippen molar-refractivity contribution in [3.63, 3.8) is 0 Å². The van der Waals surface area contributed by atoms with E-state index < -0.39 is 36.5 Å². The number of carboxylic acids is 1. The van der Waals surface area contributed by atoms with Crippen molar-refractivity contribution in [1.29, 1.82) is 0 Å². The molecule has 302 valence electrons. The minimum atomic E-state index is -3.67. The summed E-state index contributed by atoms with van der Waals surface area (Å²) in [6.07, 6.45) is 0.715. The van der Waals surface area contributed by atoms with Crippen LogP contribution < -0.4 is 5.69 Å². The Hall–Kier alpha value is -6.79. The highest BCUT2D eigenvalue weighted by molar-refractivity contribution is 7.92. The third-order valence-electron chi connectivity index (χ3n) is 8.50. The van der Waals surface area contributed by atoms with Crippen LogP contribution in [0.25, 0.3) is 61.0 Å². The summed E-state index contributed by atoms with van der Waals surface area (Å²) in [4.78, 5) is 29.3. The van der Waals surface area contributed by atoms with E-state index in [9.17, 15) is 21.6 Å². The number of carbonyl (C=O) groups is 1. The molecule has 3 N–H and O–H groups in total. The minimum absolute atomic E-state index is 0.155. The lowest BCUT2D eigenvalue weighted by atomic mass is 9.98. The maximum Gasteiger partial charge on any atom is 0.425 e. The molecule has 0 saturated carbocycles. The van der Waals surface area contributed by atoms with Crippen LogP contribution >= 0.6 is 0 Å². The predicted molar refractivity (Wildman–Crippen MR) is 224 cm³/mol. The van der Waals surface area contributed by atoms with Crippen molar-refractivity contribution in [3.8, 4) is 33.4 Å². The Morgan fingerprint density at radius 3 is 1.69 bits per heavy atom. The number of aromatic nitrogens is 3. The smallest absolute Gasteiger partial charge is 0.425 e. The molecule has 14 nitrogen and oxygen atoms in total. The minimum Gasteiger partial charge on any atom is -0.481 e. The lowest BCUT2D eigenvalue weighted by molar-refractivity contribution is -0.134. The number of imidazole rings is 1. The summed E-state index contributed by atoms with van der Waals surface area (Å²) in [5.74, 6) is -0.833. The molecule has 3 heterocycles. The molecule has 0 spiro atoms. The number of sulfone groups is 1. The van der Waals surface area contributed by atoms with Crippen molar-refractivity contribution in [1.82, 2.24) is 14.4 Å². The number of nitrogens with zero attached hydrogens (tertiary/aromatic N) is 2. The number of aryl methyl sites for hydroxylation is 1. The molecule has 0 atom stereocenters. The standard InChI is InChI=1S/C25H18O2S.C14H9N3O.C2H4O2.CH4O3S.O3S/c1-17-7-9-19(10-8-17)21-12-14-23-22-13-11-20(18-5-3-2-4-6-18)15-24(22)28(26,27)25(23)16-21;18-14-16-10-6-2-1-5-9(10)13-15-11-7-3-4-8-12(11)17(13)14;1-2(3)4;1-5(2,3)4;1-4(2)3/h2-16H,1H3;1-8H,(H,16,18);1H3,(H,3,4);1H3,(H,2,3,4);. The third-order valence-corrected chi connectivity index (χ3v) is 10.3. The van der Waals surface area contributed by atoms with Gasteiger partial charge in [-0.1, -0.05) is 109 Å². The number of nitrogens with one attached hydrogen (secondary N) is 1. The van der Waals surface area contributed by atoms with Gasteiger partial charge in [0.05, 0.1) is 32.6 Å². The van der Waals surface area contributed by atoms with E-state index in [1.165, 1.54) is 5.56 Å². The van der Waals surface area contributed by atoms with E-state index in [1.807, 2.05) is 134 Å². The van der Waals surface area contributed by atoms with Gasteiger partial charge in [0.15, 0.2) is 5.65 Å². The van der Waals surface area contributed by atoms with Crippen LogP contribution in [0, 0.1) is 6.92 Å². The third kappa shape index (κ3) is 10.8. The summed E-state index contributed by atoms with van der Waals surface area (Å²) in [7, 11) is -10.3. The van der Waals surface area contributed by atoms with Gasteiger partial charge in [-0.2, -0.15) is 8.42 Å². The molecule has 0 fully saturated rings. The summed E-state index contributed by atoms with van der Waals surface area (Å²) in [5.41, 5.74) is 9.63. The summed E-state index contributed by atoms with van der Waals surface area (Å²) >= 11 is 0. The topological polar surface area (TPSA) is 227 Å². The van der Waals surface area contributed by atoms with Crippen LogP contribution in [-0.4, -0.2) is 65.7 Å². The first-order valence-corrected chi connectivity index (χ1v) is 21.6. The Morgan fingerprint density at radius 1 is 0.712 bits per heavy atom. The molecule has 59 heavy (non-hydrogen) atoms. The summed E-state index contributed by atoms with van der Waals surface area (Å²) < 4.78 is 79.4. The molecule has 0 aliphatic carbocycles. The Morgan fingerprint density at radius 2 is 1.15 bits per heavy atom. The average molecular weight is 854 g/mol. The second-order valence-corrected chi connectivity index (χ2v) is 16.6. The molecule has 0 amide bonds. The van der Waals surface area contributed by atoms with E-state index in [1.54, 1.807) is 16.5 Å². The van der Waals surface area contributed by atoms with Crippen LogP contribution in [0.1, 0.15) is 12.5 Å². The maximum absolute atomic E-state index is 13.3. The highest BCUT2D eigenvalue weighted by Gasteiger charge is 2.33. The van der Waals surface area contributed by atoms with Crippen molar-refractivity contribution in [2.24, 2.45) is 0 Å². The monoisotopic (exact) mass is 853 g/mol. The summed E-state index contributed by atoms with van der Waals surface area (Å²) in [5, 5.41) is 8.37. The fourth-order valence-electron chi connectivity index (χ4n) is 6.16. The SMILES string of the molecule is CC(=O)O.CS(=O)(=O)O.Cc1ccc(-c2ccc3c(c2)S(=O)(=O)c2cc(-c4ccccc4)ccc2-3)cc1.O=S(=O)=O.O=c1[nH]c2ccccc2c2nc3ccccc3n12. The van der Waals surface area contributed by atoms with Gasteiger partial charge in [0, 0.05) is 23.4 Å². The number of aliphatic carboxylic acids is 1. The predicted octanol–water partition coefficient (Wildman–Crippen LogP) is 7.06. The highest BCUT2D eigenvalue weighted by Crippen LogP contribution is 2.45.